The number of hydrogen-bond donors (Lipinski definition) is 1. The van der Waals surface area contributed by atoms with E-state index in [-0.39, 0.29) is 46.1 Å². The van der Waals surface area contributed by atoms with Crippen LogP contribution in [0.15, 0.2) is 42.5 Å². The number of morpholine rings is 1. The zero-order valence-electron chi connectivity index (χ0n) is 25.3. The van der Waals surface area contributed by atoms with Crippen LogP contribution in [0.1, 0.15) is 32.7 Å². The molecule has 3 aliphatic rings. The van der Waals surface area contributed by atoms with Crippen LogP contribution in [0.4, 0.5) is 10.1 Å². The second-order valence-electron chi connectivity index (χ2n) is 11.4. The first kappa shape index (κ1) is 32.3. The van der Waals surface area contributed by atoms with Crippen molar-refractivity contribution in [1.29, 1.82) is 0 Å². The normalized spacial score (nSPS) is 18.3. The molecule has 6 rings (SSSR count). The molecule has 1 atom stereocenters. The number of methoxy groups -OCH3 is 1. The smallest absolute Gasteiger partial charge is 0.337 e. The van der Waals surface area contributed by atoms with Gasteiger partial charge in [-0.05, 0) is 30.7 Å². The number of ether oxygens (including phenoxy) is 4. The van der Waals surface area contributed by atoms with Crippen molar-refractivity contribution >= 4 is 40.8 Å². The van der Waals surface area contributed by atoms with Gasteiger partial charge in [0.05, 0.1) is 53.2 Å². The fourth-order valence-corrected chi connectivity index (χ4v) is 6.74. The van der Waals surface area contributed by atoms with Gasteiger partial charge in [0.2, 0.25) is 0 Å². The Kier molecular flexibility index (Phi) is 9.86. The molecule has 3 aromatic rings. The summed E-state index contributed by atoms with van der Waals surface area (Å²) in [7, 11) is 1.68. The predicted octanol–water partition coefficient (Wildman–Crippen LogP) is 5.43. The van der Waals surface area contributed by atoms with E-state index in [4.69, 9.17) is 42.1 Å². The minimum atomic E-state index is -1.22. The summed E-state index contributed by atoms with van der Waals surface area (Å²) in [5.41, 5.74) is 1.73. The Bertz CT molecular complexity index is 1610. The number of halogens is 3. The second-order valence-corrected chi connectivity index (χ2v) is 12.2. The van der Waals surface area contributed by atoms with E-state index in [2.05, 4.69) is 4.90 Å². The first-order valence-corrected chi connectivity index (χ1v) is 15.8. The van der Waals surface area contributed by atoms with Crippen molar-refractivity contribution < 1.29 is 38.0 Å². The van der Waals surface area contributed by atoms with Crippen LogP contribution in [0.2, 0.25) is 10.0 Å². The van der Waals surface area contributed by atoms with Crippen molar-refractivity contribution in [1.82, 2.24) is 9.80 Å². The Morgan fingerprint density at radius 2 is 1.83 bits per heavy atom. The van der Waals surface area contributed by atoms with E-state index in [0.717, 1.165) is 32.1 Å². The molecule has 244 valence electrons. The van der Waals surface area contributed by atoms with Crippen LogP contribution >= 0.6 is 23.2 Å². The third-order valence-corrected chi connectivity index (χ3v) is 9.04. The van der Waals surface area contributed by atoms with Crippen molar-refractivity contribution in [3.05, 3.63) is 75.0 Å². The minimum Gasteiger partial charge on any atom is -0.489 e. The number of likely N-dealkylation sites (tertiary alicyclic amines) is 1. The monoisotopic (exact) mass is 673 g/mol. The fraction of sp³-hybridized carbons (Fsp3) is 0.394. The van der Waals surface area contributed by atoms with Crippen molar-refractivity contribution in [2.45, 2.75) is 19.1 Å². The Labute approximate surface area is 276 Å². The maximum atomic E-state index is 15.5. The molecule has 13 heteroatoms. The molecule has 3 heterocycles. The lowest BCUT2D eigenvalue weighted by atomic mass is 9.97. The van der Waals surface area contributed by atoms with Crippen LogP contribution in [-0.2, 0) is 16.0 Å². The van der Waals surface area contributed by atoms with Gasteiger partial charge in [0.15, 0.2) is 6.73 Å². The lowest BCUT2D eigenvalue weighted by Crippen LogP contribution is -2.37. The van der Waals surface area contributed by atoms with Gasteiger partial charge in [-0.15, -0.1) is 0 Å². The van der Waals surface area contributed by atoms with Gasteiger partial charge in [-0.3, -0.25) is 9.69 Å². The topological polar surface area (TPSA) is 101 Å². The van der Waals surface area contributed by atoms with Crippen LogP contribution in [0.3, 0.4) is 0 Å². The number of para-hydroxylation sites is 1. The summed E-state index contributed by atoms with van der Waals surface area (Å²) in [4.78, 5) is 31.3. The van der Waals surface area contributed by atoms with Crippen LogP contribution in [0.5, 0.6) is 11.5 Å². The molecule has 1 N–H and O–H groups in total. The quantitative estimate of drug-likeness (QED) is 0.319. The summed E-state index contributed by atoms with van der Waals surface area (Å²) in [6.45, 7) is 5.03. The van der Waals surface area contributed by atoms with Gasteiger partial charge in [0.25, 0.3) is 5.91 Å². The van der Waals surface area contributed by atoms with Crippen molar-refractivity contribution in [3.8, 4) is 22.6 Å². The van der Waals surface area contributed by atoms with Crippen LogP contribution in [-0.4, -0.2) is 99.3 Å². The lowest BCUT2D eigenvalue weighted by molar-refractivity contribution is 0.0516. The molecule has 0 radical (unpaired) electrons. The molecule has 3 aromatic carbocycles. The van der Waals surface area contributed by atoms with Gasteiger partial charge in [-0.25, -0.2) is 9.18 Å². The number of nitrogens with zero attached hydrogens (tertiary/aromatic N) is 3. The van der Waals surface area contributed by atoms with Gasteiger partial charge in [0, 0.05) is 56.5 Å². The second kappa shape index (κ2) is 14.0. The van der Waals surface area contributed by atoms with Crippen molar-refractivity contribution in [2.24, 2.45) is 0 Å². The molecular weight excluding hydrogens is 640 g/mol. The van der Waals surface area contributed by atoms with Gasteiger partial charge in [-0.2, -0.15) is 0 Å². The highest BCUT2D eigenvalue weighted by Gasteiger charge is 2.31. The summed E-state index contributed by atoms with van der Waals surface area (Å²) in [6, 6.07) is 11.1. The number of amides is 1. The van der Waals surface area contributed by atoms with Crippen LogP contribution in [0.25, 0.3) is 11.1 Å². The number of carbonyl (C=O) groups excluding carboxylic acids is 1. The van der Waals surface area contributed by atoms with Crippen molar-refractivity contribution in [3.63, 3.8) is 0 Å². The van der Waals surface area contributed by atoms with Crippen molar-refractivity contribution in [2.75, 3.05) is 71.3 Å². The predicted molar refractivity (Wildman–Crippen MR) is 171 cm³/mol. The Morgan fingerprint density at radius 1 is 1.07 bits per heavy atom. The first-order valence-electron chi connectivity index (χ1n) is 15.0. The molecule has 1 amide bonds. The molecular formula is C33H34Cl2FN3O7. The number of carbonyl (C=O) groups is 2. The number of carboxylic acid groups (broad SMARTS) is 1. The lowest BCUT2D eigenvalue weighted by Gasteiger charge is -2.32. The standard InChI is InChI=1S/C33H34Cl2FN3O7/c1-43-10-7-37-6-5-21(18-37)46-22-13-26(34)30(27(35)14-22)32(40)39-17-20-3-2-4-23(31(20)45-19-39)24-16-29(38-8-11-44-12-9-38)25(33(41)42)15-28(24)36/h2-4,13-16,21H,5-12,17-19H2,1H3,(H,41,42)/t21-/m0/s1. The van der Waals surface area contributed by atoms with Gasteiger partial charge < -0.3 is 33.9 Å². The molecule has 0 aromatic heterocycles. The van der Waals surface area contributed by atoms with E-state index < -0.39 is 17.7 Å². The Morgan fingerprint density at radius 3 is 2.54 bits per heavy atom. The number of anilines is 1. The third kappa shape index (κ3) is 6.74. The SMILES string of the molecule is COCCN1CC[C@H](Oc2cc(Cl)c(C(=O)N3COc4c(cccc4-c4cc(N5CCOCC5)c(C(=O)O)cc4F)C3)c(Cl)c2)C1. The third-order valence-electron chi connectivity index (χ3n) is 8.44. The maximum Gasteiger partial charge on any atom is 0.337 e. The van der Waals surface area contributed by atoms with E-state index in [1.807, 2.05) is 4.90 Å². The first-order chi connectivity index (χ1) is 22.2. The fourth-order valence-electron chi connectivity index (χ4n) is 6.11. The Balaban J connectivity index is 1.21. The Hall–Kier alpha value is -3.61. The van der Waals surface area contributed by atoms with E-state index >= 15 is 4.39 Å². The highest BCUT2D eigenvalue weighted by atomic mass is 35.5. The largest absolute Gasteiger partial charge is 0.489 e. The highest BCUT2D eigenvalue weighted by molar-refractivity contribution is 6.39. The molecule has 3 aliphatic heterocycles. The summed E-state index contributed by atoms with van der Waals surface area (Å²) in [5, 5.41) is 10.1. The summed E-state index contributed by atoms with van der Waals surface area (Å²) >= 11 is 13.2. The summed E-state index contributed by atoms with van der Waals surface area (Å²) < 4.78 is 38.3. The number of hydrogen-bond acceptors (Lipinski definition) is 8. The number of fused-ring (bicyclic) bond motifs is 1. The molecule has 10 nitrogen and oxygen atoms in total. The van der Waals surface area contributed by atoms with Gasteiger partial charge in [0.1, 0.15) is 23.4 Å². The molecule has 0 spiro atoms. The zero-order valence-corrected chi connectivity index (χ0v) is 26.8. The maximum absolute atomic E-state index is 15.5. The average Bonchev–Trinajstić information content (AvgIpc) is 3.50. The summed E-state index contributed by atoms with van der Waals surface area (Å²) in [6.07, 6.45) is 0.829. The van der Waals surface area contributed by atoms with E-state index in [0.29, 0.717) is 61.2 Å². The number of rotatable bonds is 9. The molecule has 0 bridgehead atoms. The minimum absolute atomic E-state index is 0.0261. The molecule has 2 fully saturated rings. The molecule has 0 saturated carbocycles. The summed E-state index contributed by atoms with van der Waals surface area (Å²) in [5.74, 6) is -1.42. The van der Waals surface area contributed by atoms with Crippen LogP contribution < -0.4 is 14.4 Å². The zero-order chi connectivity index (χ0) is 32.4. The molecule has 0 unspecified atom stereocenters. The highest BCUT2D eigenvalue weighted by Crippen LogP contribution is 2.41. The number of carboxylic acids is 1. The van der Waals surface area contributed by atoms with Gasteiger partial charge >= 0.3 is 5.97 Å². The van der Waals surface area contributed by atoms with E-state index in [1.165, 1.54) is 4.90 Å². The molecule has 0 aliphatic carbocycles. The van der Waals surface area contributed by atoms with Gasteiger partial charge in [-0.1, -0.05) is 41.4 Å². The van der Waals surface area contributed by atoms with Crippen LogP contribution in [0, 0.1) is 5.82 Å². The molecule has 2 saturated heterocycles. The van der Waals surface area contributed by atoms with E-state index in [9.17, 15) is 14.7 Å². The van der Waals surface area contributed by atoms with E-state index in [1.54, 1.807) is 43.5 Å². The number of aromatic carboxylic acids is 1. The molecule has 46 heavy (non-hydrogen) atoms. The average molecular weight is 675 g/mol. The number of benzene rings is 3.